The first-order chi connectivity index (χ1) is 4.72. The topological polar surface area (TPSA) is 68.0 Å². The van der Waals surface area contributed by atoms with Gasteiger partial charge in [-0.05, 0) is 0 Å². The highest BCUT2D eigenvalue weighted by atomic mass is 32.1. The van der Waals surface area contributed by atoms with Crippen LogP contribution in [0.5, 0.6) is 0 Å². The van der Waals surface area contributed by atoms with Crippen LogP contribution in [-0.2, 0) is 4.79 Å². The van der Waals surface area contributed by atoms with E-state index in [1.54, 1.807) is 0 Å². The molecule has 54 valence electrons. The molecule has 0 spiro atoms. The Labute approximate surface area is 62.1 Å². The van der Waals surface area contributed by atoms with E-state index in [4.69, 9.17) is 5.11 Å². The van der Waals surface area contributed by atoms with Crippen LogP contribution in [-0.4, -0.2) is 26.1 Å². The summed E-state index contributed by atoms with van der Waals surface area (Å²) in [7, 11) is 0. The molecule has 0 aliphatic carbocycles. The molecule has 0 aromatic carbocycles. The zero-order chi connectivity index (χ0) is 7.56. The lowest BCUT2D eigenvalue weighted by Gasteiger charge is -2.01. The number of aliphatic carboxylic acids is 1. The van der Waals surface area contributed by atoms with E-state index in [2.05, 4.69) is 22.9 Å². The molecule has 0 aliphatic rings. The van der Waals surface area contributed by atoms with E-state index in [9.17, 15) is 4.79 Å². The Kier molecular flexibility index (Phi) is 1.91. The molecule has 6 heteroatoms. The summed E-state index contributed by atoms with van der Waals surface area (Å²) in [6, 6.07) is 0. The van der Waals surface area contributed by atoms with Gasteiger partial charge in [0.25, 0.3) is 0 Å². The monoisotopic (exact) mass is 159 g/mol. The second-order valence-electron chi connectivity index (χ2n) is 1.59. The predicted octanol–water partition coefficient (Wildman–Crippen LogP) is -0.209. The van der Waals surface area contributed by atoms with Crippen LogP contribution in [0.2, 0.25) is 0 Å². The van der Waals surface area contributed by atoms with E-state index >= 15 is 0 Å². The van der Waals surface area contributed by atoms with Crippen molar-refractivity contribution in [3.63, 3.8) is 0 Å². The average Bonchev–Trinajstić information content (AvgIpc) is 2.36. The molecule has 0 radical (unpaired) electrons. The minimum Gasteiger partial charge on any atom is -0.479 e. The molecular weight excluding hydrogens is 154 g/mol. The van der Waals surface area contributed by atoms with E-state index in [-0.39, 0.29) is 0 Å². The van der Waals surface area contributed by atoms with Crippen molar-refractivity contribution in [1.82, 2.24) is 15.0 Å². The van der Waals surface area contributed by atoms with Crippen molar-refractivity contribution in [2.24, 2.45) is 0 Å². The molecule has 1 aromatic rings. The molecule has 1 rings (SSSR count). The fourth-order valence-corrected chi connectivity index (χ4v) is 0.584. The van der Waals surface area contributed by atoms with Gasteiger partial charge >= 0.3 is 5.97 Å². The highest BCUT2D eigenvalue weighted by Gasteiger charge is 2.13. The minimum atomic E-state index is -1.05. The van der Waals surface area contributed by atoms with Gasteiger partial charge < -0.3 is 5.11 Å². The Hall–Kier alpha value is -1.04. The van der Waals surface area contributed by atoms with Gasteiger partial charge in [0.15, 0.2) is 5.37 Å². The lowest BCUT2D eigenvalue weighted by molar-refractivity contribution is -0.138. The van der Waals surface area contributed by atoms with Crippen LogP contribution >= 0.6 is 12.6 Å². The second-order valence-corrected chi connectivity index (χ2v) is 2.08. The SMILES string of the molecule is O=C(O)C(S)n1ccnn1. The molecule has 0 saturated heterocycles. The Bertz CT molecular complexity index is 222. The minimum absolute atomic E-state index is 0.942. The summed E-state index contributed by atoms with van der Waals surface area (Å²) in [4.78, 5) is 10.2. The van der Waals surface area contributed by atoms with Crippen LogP contribution in [0.4, 0.5) is 0 Å². The van der Waals surface area contributed by atoms with E-state index in [0.717, 1.165) is 4.68 Å². The molecule has 0 aliphatic heterocycles. The third-order valence-corrected chi connectivity index (χ3v) is 1.37. The fourth-order valence-electron chi connectivity index (χ4n) is 0.461. The molecule has 1 aromatic heterocycles. The average molecular weight is 159 g/mol. The quantitative estimate of drug-likeness (QED) is 0.586. The first-order valence-electron chi connectivity index (χ1n) is 2.48. The fraction of sp³-hybridized carbons (Fsp3) is 0.250. The van der Waals surface area contributed by atoms with Crippen molar-refractivity contribution in [3.8, 4) is 0 Å². The summed E-state index contributed by atoms with van der Waals surface area (Å²) in [5.41, 5.74) is 0. The van der Waals surface area contributed by atoms with Crippen LogP contribution in [0.1, 0.15) is 5.37 Å². The first-order valence-corrected chi connectivity index (χ1v) is 3.00. The molecule has 1 heterocycles. The van der Waals surface area contributed by atoms with E-state index in [1.807, 2.05) is 0 Å². The molecule has 1 unspecified atom stereocenters. The van der Waals surface area contributed by atoms with Crippen molar-refractivity contribution in [1.29, 1.82) is 0 Å². The van der Waals surface area contributed by atoms with Gasteiger partial charge in [-0.2, -0.15) is 0 Å². The smallest absolute Gasteiger partial charge is 0.338 e. The molecule has 1 atom stereocenters. The molecule has 0 fully saturated rings. The van der Waals surface area contributed by atoms with Gasteiger partial charge in [-0.3, -0.25) is 0 Å². The Balaban J connectivity index is 2.77. The van der Waals surface area contributed by atoms with Crippen molar-refractivity contribution in [2.45, 2.75) is 5.37 Å². The molecule has 0 bridgehead atoms. The maximum Gasteiger partial charge on any atom is 0.338 e. The lowest BCUT2D eigenvalue weighted by Crippen LogP contribution is -2.13. The van der Waals surface area contributed by atoms with Crippen molar-refractivity contribution < 1.29 is 9.90 Å². The number of carboxylic acid groups (broad SMARTS) is 1. The zero-order valence-corrected chi connectivity index (χ0v) is 5.77. The summed E-state index contributed by atoms with van der Waals surface area (Å²) < 4.78 is 1.14. The van der Waals surface area contributed by atoms with E-state index < -0.39 is 11.3 Å². The van der Waals surface area contributed by atoms with Crippen molar-refractivity contribution >= 4 is 18.6 Å². The van der Waals surface area contributed by atoms with Gasteiger partial charge in [-0.25, -0.2) is 9.48 Å². The van der Waals surface area contributed by atoms with Crippen LogP contribution in [0, 0.1) is 0 Å². The molecule has 0 saturated carbocycles. The number of aromatic nitrogens is 3. The molecule has 10 heavy (non-hydrogen) atoms. The van der Waals surface area contributed by atoms with Gasteiger partial charge in [-0.1, -0.05) is 5.21 Å². The Morgan fingerprint density at radius 1 is 1.80 bits per heavy atom. The summed E-state index contributed by atoms with van der Waals surface area (Å²) in [6.07, 6.45) is 2.83. The van der Waals surface area contributed by atoms with Crippen molar-refractivity contribution in [2.75, 3.05) is 0 Å². The Morgan fingerprint density at radius 3 is 2.90 bits per heavy atom. The maximum atomic E-state index is 10.2. The van der Waals surface area contributed by atoms with Gasteiger partial charge in [0, 0.05) is 6.20 Å². The highest BCUT2D eigenvalue weighted by Crippen LogP contribution is 2.07. The summed E-state index contributed by atoms with van der Waals surface area (Å²) in [5, 5.41) is 14.3. The van der Waals surface area contributed by atoms with E-state index in [1.165, 1.54) is 12.4 Å². The number of nitrogens with zero attached hydrogens (tertiary/aromatic N) is 3. The third kappa shape index (κ3) is 1.27. The molecule has 0 amide bonds. The Morgan fingerprint density at radius 2 is 2.50 bits per heavy atom. The van der Waals surface area contributed by atoms with E-state index in [0.29, 0.717) is 0 Å². The van der Waals surface area contributed by atoms with Gasteiger partial charge in [0.05, 0.1) is 6.20 Å². The van der Waals surface area contributed by atoms with Gasteiger partial charge in [-0.15, -0.1) is 17.7 Å². The van der Waals surface area contributed by atoms with Crippen LogP contribution in [0.3, 0.4) is 0 Å². The largest absolute Gasteiger partial charge is 0.479 e. The summed E-state index contributed by atoms with van der Waals surface area (Å²) >= 11 is 3.74. The number of rotatable bonds is 2. The molecule has 1 N–H and O–H groups in total. The zero-order valence-electron chi connectivity index (χ0n) is 4.88. The predicted molar refractivity (Wildman–Crippen MR) is 35.7 cm³/mol. The van der Waals surface area contributed by atoms with Crippen molar-refractivity contribution in [3.05, 3.63) is 12.4 Å². The number of carboxylic acids is 1. The molecular formula is C4H5N3O2S. The number of thiol groups is 1. The highest BCUT2D eigenvalue weighted by molar-refractivity contribution is 7.81. The van der Waals surface area contributed by atoms with Crippen LogP contribution in [0.15, 0.2) is 12.4 Å². The number of hydrogen-bond donors (Lipinski definition) is 2. The third-order valence-electron chi connectivity index (χ3n) is 0.912. The summed E-state index contributed by atoms with van der Waals surface area (Å²) in [6.45, 7) is 0. The summed E-state index contributed by atoms with van der Waals surface area (Å²) in [5.74, 6) is -1.05. The van der Waals surface area contributed by atoms with Gasteiger partial charge in [0.2, 0.25) is 0 Å². The first kappa shape index (κ1) is 7.07. The standard InChI is InChI=1S/C4H5N3O2S/c8-4(9)3(10)7-2-1-5-6-7/h1-3,10H,(H,8,9). The lowest BCUT2D eigenvalue weighted by atomic mass is 10.6. The van der Waals surface area contributed by atoms with Crippen LogP contribution in [0.25, 0.3) is 0 Å². The van der Waals surface area contributed by atoms with Crippen LogP contribution < -0.4 is 0 Å². The normalized spacial score (nSPS) is 12.9. The second kappa shape index (κ2) is 2.70. The van der Waals surface area contributed by atoms with Gasteiger partial charge in [0.1, 0.15) is 0 Å². The number of hydrogen-bond acceptors (Lipinski definition) is 4. The maximum absolute atomic E-state index is 10.2. The molecule has 5 nitrogen and oxygen atoms in total. The number of carbonyl (C=O) groups is 1.